The Morgan fingerprint density at radius 1 is 1.16 bits per heavy atom. The maximum Gasteiger partial charge on any atom is 0.254 e. The third kappa shape index (κ3) is 4.77. The number of benzene rings is 2. The summed E-state index contributed by atoms with van der Waals surface area (Å²) in [7, 11) is 1.75. The molecule has 0 aliphatic carbocycles. The summed E-state index contributed by atoms with van der Waals surface area (Å²) in [6.45, 7) is 1.91. The van der Waals surface area contributed by atoms with Crippen molar-refractivity contribution < 1.29 is 24.5 Å². The molecule has 2 aromatic rings. The van der Waals surface area contributed by atoms with Crippen LogP contribution < -0.4 is 10.1 Å². The molecule has 1 amide bonds. The number of β-amino-alcohol motifs (C(OH)–C–C–N with tert-alkyl or cyclic N) is 1. The van der Waals surface area contributed by atoms with Crippen LogP contribution >= 0.6 is 0 Å². The largest absolute Gasteiger partial charge is 0.492 e. The smallest absolute Gasteiger partial charge is 0.254 e. The van der Waals surface area contributed by atoms with E-state index in [-0.39, 0.29) is 30.1 Å². The Bertz CT molecular complexity index is 1130. The van der Waals surface area contributed by atoms with Gasteiger partial charge in [0.15, 0.2) is 0 Å². The molecule has 0 saturated carbocycles. The number of piperidine rings is 1. The number of hydrogen-bond donors (Lipinski definition) is 3. The fourth-order valence-corrected chi connectivity index (χ4v) is 6.71. The van der Waals surface area contributed by atoms with Crippen molar-refractivity contribution in [3.05, 3.63) is 64.7 Å². The zero-order valence-electron chi connectivity index (χ0n) is 21.4. The average molecular weight is 508 g/mol. The average Bonchev–Trinajstić information content (AvgIpc) is 3.09. The molecule has 4 aliphatic rings. The first-order chi connectivity index (χ1) is 18.0. The Kier molecular flexibility index (Phi) is 6.94. The van der Waals surface area contributed by atoms with Gasteiger partial charge in [-0.1, -0.05) is 30.3 Å². The van der Waals surface area contributed by atoms with Gasteiger partial charge in [-0.05, 0) is 55.4 Å². The highest BCUT2D eigenvalue weighted by molar-refractivity contribution is 5.95. The molecule has 4 heterocycles. The number of nitrogens with one attached hydrogen (secondary N) is 1. The third-order valence-electron chi connectivity index (χ3n) is 8.78. The molecule has 4 aliphatic heterocycles. The number of methoxy groups -OCH3 is 1. The van der Waals surface area contributed by atoms with E-state index in [9.17, 15) is 15.0 Å². The first-order valence-corrected chi connectivity index (χ1v) is 13.5. The number of carbonyl (C=O) groups excluding carboxylic acids is 1. The van der Waals surface area contributed by atoms with E-state index in [1.807, 2.05) is 21.9 Å². The first kappa shape index (κ1) is 24.8. The fourth-order valence-electron chi connectivity index (χ4n) is 6.71. The highest BCUT2D eigenvalue weighted by atomic mass is 16.5. The number of ether oxygens (including phenoxy) is 2. The van der Waals surface area contributed by atoms with E-state index in [4.69, 9.17) is 9.47 Å². The maximum absolute atomic E-state index is 13.5. The Balaban J connectivity index is 1.14. The minimum atomic E-state index is -0.916. The molecule has 8 nitrogen and oxygen atoms in total. The molecule has 0 aromatic heterocycles. The SMILES string of the molecule is COC1CC2CCC(C1)N2C(=O)c1ccc2c(c1)OCCN(C[C@@H](O)[C@@H]1Cc3ccccc3CN1)C2O. The number of rotatable bonds is 5. The quantitative estimate of drug-likeness (QED) is 0.571. The van der Waals surface area contributed by atoms with Crippen molar-refractivity contribution in [1.82, 2.24) is 15.1 Å². The standard InChI is InChI=1S/C29H37N3O5/c1-36-23-14-21-7-8-22(15-23)32(21)28(34)19-6-9-24-27(13-19)37-11-10-31(29(24)35)17-26(33)25-12-18-4-2-3-5-20(18)16-30-25/h2-6,9,13,21-23,25-26,29-30,33,35H,7-8,10-12,14-17H2,1H3/t21?,22?,23?,25-,26+,29?/m0/s1. The molecule has 2 bridgehead atoms. The zero-order chi connectivity index (χ0) is 25.5. The van der Waals surface area contributed by atoms with Crippen LogP contribution in [0.5, 0.6) is 5.75 Å². The van der Waals surface area contributed by atoms with E-state index in [0.29, 0.717) is 36.6 Å². The number of amides is 1. The topological polar surface area (TPSA) is 94.5 Å². The minimum absolute atomic E-state index is 0.0307. The third-order valence-corrected chi connectivity index (χ3v) is 8.78. The van der Waals surface area contributed by atoms with Crippen molar-refractivity contribution in [1.29, 1.82) is 0 Å². The van der Waals surface area contributed by atoms with Gasteiger partial charge in [0.25, 0.3) is 5.91 Å². The molecule has 6 rings (SSSR count). The summed E-state index contributed by atoms with van der Waals surface area (Å²) in [5.74, 6) is 0.572. The van der Waals surface area contributed by atoms with Gasteiger partial charge < -0.3 is 29.9 Å². The molecule has 8 heteroatoms. The highest BCUT2D eigenvalue weighted by Crippen LogP contribution is 2.39. The van der Waals surface area contributed by atoms with Crippen molar-refractivity contribution in [3.63, 3.8) is 0 Å². The van der Waals surface area contributed by atoms with Crippen LogP contribution in [0.1, 0.15) is 59.0 Å². The van der Waals surface area contributed by atoms with Gasteiger partial charge in [0.2, 0.25) is 0 Å². The Morgan fingerprint density at radius 2 is 1.92 bits per heavy atom. The van der Waals surface area contributed by atoms with Crippen LogP contribution in [0.15, 0.2) is 42.5 Å². The van der Waals surface area contributed by atoms with Crippen LogP contribution in [0.3, 0.4) is 0 Å². The second kappa shape index (κ2) is 10.3. The predicted octanol–water partition coefficient (Wildman–Crippen LogP) is 2.23. The number of nitrogens with zero attached hydrogens (tertiary/aromatic N) is 2. The van der Waals surface area contributed by atoms with Crippen LogP contribution in [0, 0.1) is 0 Å². The lowest BCUT2D eigenvalue weighted by molar-refractivity contribution is -0.0308. The van der Waals surface area contributed by atoms with Crippen LogP contribution in [-0.2, 0) is 17.7 Å². The number of hydrogen-bond acceptors (Lipinski definition) is 7. The van der Waals surface area contributed by atoms with Gasteiger partial charge in [-0.3, -0.25) is 9.69 Å². The summed E-state index contributed by atoms with van der Waals surface area (Å²) < 4.78 is 11.6. The van der Waals surface area contributed by atoms with Gasteiger partial charge in [0.1, 0.15) is 18.6 Å². The molecule has 198 valence electrons. The van der Waals surface area contributed by atoms with Crippen molar-refractivity contribution >= 4 is 5.91 Å². The van der Waals surface area contributed by atoms with Gasteiger partial charge in [0.05, 0.1) is 12.2 Å². The normalized spacial score (nSPS) is 30.1. The second-order valence-electron chi connectivity index (χ2n) is 10.9. The number of fused-ring (bicyclic) bond motifs is 4. The monoisotopic (exact) mass is 507 g/mol. The fraction of sp³-hybridized carbons (Fsp3) is 0.552. The molecule has 2 saturated heterocycles. The van der Waals surface area contributed by atoms with Crippen LogP contribution in [0.2, 0.25) is 0 Å². The summed E-state index contributed by atoms with van der Waals surface area (Å²) in [4.78, 5) is 17.4. The molecule has 2 aromatic carbocycles. The summed E-state index contributed by atoms with van der Waals surface area (Å²) in [6, 6.07) is 14.0. The minimum Gasteiger partial charge on any atom is -0.492 e. The highest BCUT2D eigenvalue weighted by Gasteiger charge is 2.43. The molecule has 5 atom stereocenters. The van der Waals surface area contributed by atoms with Crippen molar-refractivity contribution in [3.8, 4) is 5.75 Å². The molecule has 37 heavy (non-hydrogen) atoms. The van der Waals surface area contributed by atoms with Crippen LogP contribution in [-0.4, -0.2) is 83.1 Å². The van der Waals surface area contributed by atoms with Gasteiger partial charge in [-0.25, -0.2) is 0 Å². The number of carbonyl (C=O) groups is 1. The predicted molar refractivity (Wildman–Crippen MR) is 138 cm³/mol. The van der Waals surface area contributed by atoms with Gasteiger partial charge in [-0.15, -0.1) is 0 Å². The summed E-state index contributed by atoms with van der Waals surface area (Å²) in [6.07, 6.45) is 3.24. The molecular weight excluding hydrogens is 470 g/mol. The van der Waals surface area contributed by atoms with Crippen molar-refractivity contribution in [2.24, 2.45) is 0 Å². The van der Waals surface area contributed by atoms with E-state index in [1.54, 1.807) is 25.3 Å². The summed E-state index contributed by atoms with van der Waals surface area (Å²) >= 11 is 0. The van der Waals surface area contributed by atoms with Crippen LogP contribution in [0.25, 0.3) is 0 Å². The Morgan fingerprint density at radius 3 is 2.68 bits per heavy atom. The van der Waals surface area contributed by atoms with Crippen molar-refractivity contribution in [2.75, 3.05) is 26.8 Å². The zero-order valence-corrected chi connectivity index (χ0v) is 21.4. The molecule has 3 N–H and O–H groups in total. The van der Waals surface area contributed by atoms with Crippen LogP contribution in [0.4, 0.5) is 0 Å². The lowest BCUT2D eigenvalue weighted by atomic mass is 9.92. The van der Waals surface area contributed by atoms with E-state index < -0.39 is 12.3 Å². The number of aliphatic hydroxyl groups excluding tert-OH is 2. The second-order valence-corrected chi connectivity index (χ2v) is 10.9. The molecule has 0 radical (unpaired) electrons. The molecule has 0 spiro atoms. The first-order valence-electron chi connectivity index (χ1n) is 13.5. The Hall–Kier alpha value is -2.49. The van der Waals surface area contributed by atoms with E-state index in [0.717, 1.165) is 38.6 Å². The maximum atomic E-state index is 13.5. The van der Waals surface area contributed by atoms with Gasteiger partial charge in [0, 0.05) is 56.0 Å². The van der Waals surface area contributed by atoms with E-state index in [1.165, 1.54) is 11.1 Å². The Labute approximate surface area is 218 Å². The van der Waals surface area contributed by atoms with E-state index in [2.05, 4.69) is 17.4 Å². The molecule has 2 fully saturated rings. The van der Waals surface area contributed by atoms with Gasteiger partial charge >= 0.3 is 0 Å². The summed E-state index contributed by atoms with van der Waals surface area (Å²) in [5, 5.41) is 25.7. The lowest BCUT2D eigenvalue weighted by Crippen LogP contribution is -2.50. The number of aliphatic hydroxyl groups is 2. The lowest BCUT2D eigenvalue weighted by Gasteiger charge is -2.38. The summed E-state index contributed by atoms with van der Waals surface area (Å²) in [5.41, 5.74) is 3.75. The van der Waals surface area contributed by atoms with Crippen molar-refractivity contribution in [2.45, 2.75) is 75.2 Å². The molecule has 3 unspecified atom stereocenters. The molecular formula is C29H37N3O5. The van der Waals surface area contributed by atoms with Gasteiger partial charge in [-0.2, -0.15) is 0 Å². The van der Waals surface area contributed by atoms with E-state index >= 15 is 0 Å².